The van der Waals surface area contributed by atoms with E-state index in [1.165, 1.54) is 15.0 Å². The van der Waals surface area contributed by atoms with Crippen molar-refractivity contribution in [3.05, 3.63) is 38.8 Å². The van der Waals surface area contributed by atoms with Crippen molar-refractivity contribution in [2.45, 2.75) is 13.0 Å². The molecule has 0 saturated carbocycles. The molecule has 0 saturated heterocycles. The first kappa shape index (κ1) is 11.8. The fraction of sp³-hybridized carbons (Fsp3) is 0.364. The van der Waals surface area contributed by atoms with Gasteiger partial charge in [0.2, 0.25) is 0 Å². The van der Waals surface area contributed by atoms with Crippen LogP contribution in [0.2, 0.25) is 0 Å². The largest absolute Gasteiger partial charge is 0.312 e. The number of nitrogens with one attached hydrogen (secondary N) is 1. The predicted molar refractivity (Wildman–Crippen MR) is 70.6 cm³/mol. The van der Waals surface area contributed by atoms with Gasteiger partial charge in [0, 0.05) is 38.4 Å². The van der Waals surface area contributed by atoms with Crippen LogP contribution in [0.15, 0.2) is 27.5 Å². The van der Waals surface area contributed by atoms with Crippen molar-refractivity contribution in [2.24, 2.45) is 7.05 Å². The van der Waals surface area contributed by atoms with E-state index in [0.29, 0.717) is 0 Å². The molecule has 0 spiro atoms. The van der Waals surface area contributed by atoms with Gasteiger partial charge in [-0.15, -0.1) is 11.3 Å². The van der Waals surface area contributed by atoms with Crippen LogP contribution >= 0.6 is 27.3 Å². The van der Waals surface area contributed by atoms with E-state index in [2.05, 4.69) is 43.9 Å². The Hall–Kier alpha value is -0.650. The number of hydrogen-bond acceptors (Lipinski definition) is 3. The van der Waals surface area contributed by atoms with Crippen LogP contribution in [0, 0.1) is 0 Å². The first-order valence-corrected chi connectivity index (χ1v) is 6.83. The van der Waals surface area contributed by atoms with Crippen molar-refractivity contribution in [1.82, 2.24) is 15.1 Å². The Kier molecular flexibility index (Phi) is 4.15. The van der Waals surface area contributed by atoms with Crippen molar-refractivity contribution >= 4 is 27.3 Å². The third kappa shape index (κ3) is 3.17. The molecule has 3 nitrogen and oxygen atoms in total. The Morgan fingerprint density at radius 2 is 2.44 bits per heavy atom. The molecule has 0 aliphatic carbocycles. The number of nitrogens with zero attached hydrogens (tertiary/aromatic N) is 2. The topological polar surface area (TPSA) is 29.9 Å². The van der Waals surface area contributed by atoms with E-state index in [1.807, 2.05) is 17.9 Å². The summed E-state index contributed by atoms with van der Waals surface area (Å²) in [6.45, 7) is 1.91. The first-order chi connectivity index (χ1) is 7.75. The summed E-state index contributed by atoms with van der Waals surface area (Å²) in [6.07, 6.45) is 2.85. The summed E-state index contributed by atoms with van der Waals surface area (Å²) in [5.41, 5.74) is 2.60. The second-order valence-electron chi connectivity index (χ2n) is 3.63. The van der Waals surface area contributed by atoms with Gasteiger partial charge in [-0.2, -0.15) is 5.10 Å². The second kappa shape index (κ2) is 5.61. The quantitative estimate of drug-likeness (QED) is 0.860. The Labute approximate surface area is 108 Å². The van der Waals surface area contributed by atoms with E-state index in [1.54, 1.807) is 11.3 Å². The van der Waals surface area contributed by atoms with Crippen molar-refractivity contribution in [1.29, 1.82) is 0 Å². The summed E-state index contributed by atoms with van der Waals surface area (Å²) in [5, 5.41) is 9.73. The number of halogens is 1. The van der Waals surface area contributed by atoms with Crippen LogP contribution < -0.4 is 5.32 Å². The van der Waals surface area contributed by atoms with Crippen molar-refractivity contribution in [3.8, 4) is 0 Å². The molecule has 2 heterocycles. The molecule has 0 atom stereocenters. The van der Waals surface area contributed by atoms with Gasteiger partial charge in [0.25, 0.3) is 0 Å². The van der Waals surface area contributed by atoms with Crippen LogP contribution in [0.5, 0.6) is 0 Å². The molecule has 0 unspecified atom stereocenters. The summed E-state index contributed by atoms with van der Waals surface area (Å²) in [5.74, 6) is 0. The Morgan fingerprint density at radius 3 is 3.06 bits per heavy atom. The fourth-order valence-electron chi connectivity index (χ4n) is 1.53. The predicted octanol–water partition coefficient (Wildman–Crippen LogP) is 2.58. The number of rotatable bonds is 5. The fourth-order valence-corrected chi connectivity index (χ4v) is 2.74. The van der Waals surface area contributed by atoms with Crippen LogP contribution in [-0.2, 0) is 20.0 Å². The summed E-state index contributed by atoms with van der Waals surface area (Å²) >= 11 is 5.19. The van der Waals surface area contributed by atoms with Crippen LogP contribution in [0.1, 0.15) is 11.3 Å². The van der Waals surface area contributed by atoms with Gasteiger partial charge in [-0.1, -0.05) is 0 Å². The molecule has 0 fully saturated rings. The Balaban J connectivity index is 1.71. The van der Waals surface area contributed by atoms with Gasteiger partial charge in [-0.3, -0.25) is 4.68 Å². The van der Waals surface area contributed by atoms with Crippen LogP contribution in [0.3, 0.4) is 0 Å². The molecule has 2 aromatic rings. The number of aryl methyl sites for hydroxylation is 1. The van der Waals surface area contributed by atoms with Gasteiger partial charge in [-0.05, 0) is 39.0 Å². The third-order valence-electron chi connectivity index (χ3n) is 2.43. The highest BCUT2D eigenvalue weighted by Crippen LogP contribution is 2.20. The maximum Gasteiger partial charge on any atom is 0.0701 e. The van der Waals surface area contributed by atoms with E-state index in [4.69, 9.17) is 0 Å². The van der Waals surface area contributed by atoms with Gasteiger partial charge >= 0.3 is 0 Å². The maximum atomic E-state index is 4.14. The van der Waals surface area contributed by atoms with Crippen LogP contribution in [0.4, 0.5) is 0 Å². The SMILES string of the molecule is Cn1nccc1CCNCc1csc(Br)c1. The number of aromatic nitrogens is 2. The van der Waals surface area contributed by atoms with Gasteiger partial charge in [0.15, 0.2) is 0 Å². The highest BCUT2D eigenvalue weighted by molar-refractivity contribution is 9.11. The second-order valence-corrected chi connectivity index (χ2v) is 5.92. The average Bonchev–Trinajstić information content (AvgIpc) is 2.83. The van der Waals surface area contributed by atoms with Crippen molar-refractivity contribution in [3.63, 3.8) is 0 Å². The zero-order valence-corrected chi connectivity index (χ0v) is 11.5. The minimum Gasteiger partial charge on any atom is -0.312 e. The molecular weight excluding hydrogens is 286 g/mol. The third-order valence-corrected chi connectivity index (χ3v) is 3.98. The molecule has 86 valence electrons. The molecule has 0 radical (unpaired) electrons. The van der Waals surface area contributed by atoms with Crippen molar-refractivity contribution in [2.75, 3.05) is 6.54 Å². The zero-order valence-electron chi connectivity index (χ0n) is 9.11. The molecule has 0 aromatic carbocycles. The van der Waals surface area contributed by atoms with E-state index in [0.717, 1.165) is 19.5 Å². The highest BCUT2D eigenvalue weighted by atomic mass is 79.9. The van der Waals surface area contributed by atoms with Gasteiger partial charge in [0.1, 0.15) is 0 Å². The zero-order chi connectivity index (χ0) is 11.4. The smallest absolute Gasteiger partial charge is 0.0701 e. The van der Waals surface area contributed by atoms with E-state index in [-0.39, 0.29) is 0 Å². The molecule has 0 bridgehead atoms. The lowest BCUT2D eigenvalue weighted by atomic mass is 10.3. The lowest BCUT2D eigenvalue weighted by Gasteiger charge is -2.03. The lowest BCUT2D eigenvalue weighted by Crippen LogP contribution is -2.17. The van der Waals surface area contributed by atoms with E-state index >= 15 is 0 Å². The molecule has 16 heavy (non-hydrogen) atoms. The molecule has 0 aliphatic rings. The van der Waals surface area contributed by atoms with Gasteiger partial charge < -0.3 is 5.32 Å². The minimum atomic E-state index is 0.931. The molecule has 2 rings (SSSR count). The molecular formula is C11H14BrN3S. The van der Waals surface area contributed by atoms with Crippen LogP contribution in [-0.4, -0.2) is 16.3 Å². The Morgan fingerprint density at radius 1 is 1.56 bits per heavy atom. The van der Waals surface area contributed by atoms with Gasteiger partial charge in [0.05, 0.1) is 3.79 Å². The Bertz CT molecular complexity index is 450. The maximum absolute atomic E-state index is 4.14. The van der Waals surface area contributed by atoms with Gasteiger partial charge in [-0.25, -0.2) is 0 Å². The number of hydrogen-bond donors (Lipinski definition) is 1. The lowest BCUT2D eigenvalue weighted by molar-refractivity contribution is 0.643. The molecule has 1 N–H and O–H groups in total. The minimum absolute atomic E-state index is 0.931. The van der Waals surface area contributed by atoms with E-state index in [9.17, 15) is 0 Å². The molecule has 0 aliphatic heterocycles. The van der Waals surface area contributed by atoms with E-state index < -0.39 is 0 Å². The number of thiophene rings is 1. The highest BCUT2D eigenvalue weighted by Gasteiger charge is 1.99. The molecule has 5 heteroatoms. The molecule has 0 amide bonds. The summed E-state index contributed by atoms with van der Waals surface area (Å²) in [4.78, 5) is 0. The van der Waals surface area contributed by atoms with Crippen LogP contribution in [0.25, 0.3) is 0 Å². The molecule has 2 aromatic heterocycles. The standard InChI is InChI=1S/C11H14BrN3S/c1-15-10(3-5-14-15)2-4-13-7-9-6-11(12)16-8-9/h3,5-6,8,13H,2,4,7H2,1H3. The first-order valence-electron chi connectivity index (χ1n) is 5.16. The van der Waals surface area contributed by atoms with Crippen molar-refractivity contribution < 1.29 is 0 Å². The average molecular weight is 300 g/mol. The summed E-state index contributed by atoms with van der Waals surface area (Å²) < 4.78 is 3.11. The summed E-state index contributed by atoms with van der Waals surface area (Å²) in [6, 6.07) is 4.21. The normalized spacial score (nSPS) is 10.9. The monoisotopic (exact) mass is 299 g/mol. The summed E-state index contributed by atoms with van der Waals surface area (Å²) in [7, 11) is 1.98.